The lowest BCUT2D eigenvalue weighted by atomic mass is 10.00. The van der Waals surface area contributed by atoms with Crippen LogP contribution in [0.5, 0.6) is 0 Å². The van der Waals surface area contributed by atoms with Gasteiger partial charge in [0.15, 0.2) is 0 Å². The summed E-state index contributed by atoms with van der Waals surface area (Å²) >= 11 is 0. The summed E-state index contributed by atoms with van der Waals surface area (Å²) in [7, 11) is 0. The van der Waals surface area contributed by atoms with Crippen molar-refractivity contribution < 1.29 is 13.6 Å². The summed E-state index contributed by atoms with van der Waals surface area (Å²) in [6, 6.07) is 11.3. The molecular weight excluding hydrogens is 286 g/mol. The first-order chi connectivity index (χ1) is 10.6. The van der Waals surface area contributed by atoms with Gasteiger partial charge in [-0.1, -0.05) is 24.3 Å². The lowest BCUT2D eigenvalue weighted by Gasteiger charge is -2.29. The normalized spacial score (nSPS) is 13.6. The van der Waals surface area contributed by atoms with Crippen molar-refractivity contribution in [3.63, 3.8) is 0 Å². The highest BCUT2D eigenvalue weighted by atomic mass is 19.1. The summed E-state index contributed by atoms with van der Waals surface area (Å²) < 4.78 is 26.3. The van der Waals surface area contributed by atoms with Crippen molar-refractivity contribution >= 4 is 11.6 Å². The van der Waals surface area contributed by atoms with Crippen LogP contribution in [0, 0.1) is 11.6 Å². The molecular formula is C17H16F2N2O. The molecule has 1 aliphatic heterocycles. The molecule has 1 amide bonds. The molecule has 0 atom stereocenters. The third-order valence-electron chi connectivity index (χ3n) is 3.84. The van der Waals surface area contributed by atoms with Gasteiger partial charge >= 0.3 is 0 Å². The van der Waals surface area contributed by atoms with Gasteiger partial charge in [-0.2, -0.15) is 0 Å². The maximum atomic E-state index is 13.5. The summed E-state index contributed by atoms with van der Waals surface area (Å²) in [5.74, 6) is -1.43. The van der Waals surface area contributed by atoms with E-state index in [0.717, 1.165) is 24.1 Å². The quantitative estimate of drug-likeness (QED) is 0.945. The highest BCUT2D eigenvalue weighted by Crippen LogP contribution is 2.19. The Morgan fingerprint density at radius 1 is 1.14 bits per heavy atom. The number of carbonyl (C=O) groups is 1. The first-order valence-corrected chi connectivity index (χ1v) is 7.17. The van der Waals surface area contributed by atoms with Crippen molar-refractivity contribution in [2.24, 2.45) is 0 Å². The van der Waals surface area contributed by atoms with Gasteiger partial charge in [-0.15, -0.1) is 0 Å². The monoisotopic (exact) mass is 302 g/mol. The molecule has 0 aliphatic carbocycles. The van der Waals surface area contributed by atoms with E-state index in [4.69, 9.17) is 0 Å². The number of nitrogens with zero attached hydrogens (tertiary/aromatic N) is 1. The Morgan fingerprint density at radius 3 is 2.68 bits per heavy atom. The van der Waals surface area contributed by atoms with Gasteiger partial charge < -0.3 is 10.2 Å². The molecule has 5 heteroatoms. The number of nitrogens with one attached hydrogen (secondary N) is 1. The van der Waals surface area contributed by atoms with Crippen LogP contribution < -0.4 is 5.32 Å². The molecule has 0 bridgehead atoms. The van der Waals surface area contributed by atoms with Crippen LogP contribution in [-0.2, 0) is 17.8 Å². The smallest absolute Gasteiger partial charge is 0.242 e. The highest BCUT2D eigenvalue weighted by Gasteiger charge is 2.20. The predicted molar refractivity (Wildman–Crippen MR) is 80.4 cm³/mol. The van der Waals surface area contributed by atoms with Gasteiger partial charge in [0.25, 0.3) is 0 Å². The summed E-state index contributed by atoms with van der Waals surface area (Å²) in [5.41, 5.74) is 2.55. The minimum Gasteiger partial charge on any atom is -0.374 e. The maximum absolute atomic E-state index is 13.5. The van der Waals surface area contributed by atoms with Crippen molar-refractivity contribution in [1.82, 2.24) is 4.90 Å². The number of halogens is 2. The second kappa shape index (κ2) is 6.13. The van der Waals surface area contributed by atoms with Crippen LogP contribution >= 0.6 is 0 Å². The van der Waals surface area contributed by atoms with E-state index in [1.807, 2.05) is 18.2 Å². The number of hydrogen-bond donors (Lipinski definition) is 1. The summed E-state index contributed by atoms with van der Waals surface area (Å²) in [6.45, 7) is 1.22. The standard InChI is InChI=1S/C17H16F2N2O/c18-14-5-6-16(15(19)9-14)20-10-17(22)21-8-7-12-3-1-2-4-13(12)11-21/h1-6,9,20H,7-8,10-11H2. The molecule has 114 valence electrons. The number of fused-ring (bicyclic) bond motifs is 1. The molecule has 0 saturated heterocycles. The molecule has 3 nitrogen and oxygen atoms in total. The molecule has 0 aromatic heterocycles. The molecule has 22 heavy (non-hydrogen) atoms. The largest absolute Gasteiger partial charge is 0.374 e. The Balaban J connectivity index is 1.61. The van der Waals surface area contributed by atoms with Crippen molar-refractivity contribution in [3.8, 4) is 0 Å². The Kier molecular flexibility index (Phi) is 4.04. The van der Waals surface area contributed by atoms with Crippen molar-refractivity contribution in [1.29, 1.82) is 0 Å². The Morgan fingerprint density at radius 2 is 1.91 bits per heavy atom. The van der Waals surface area contributed by atoms with E-state index >= 15 is 0 Å². The van der Waals surface area contributed by atoms with Crippen LogP contribution in [0.25, 0.3) is 0 Å². The van der Waals surface area contributed by atoms with Crippen LogP contribution in [0.1, 0.15) is 11.1 Å². The molecule has 2 aromatic carbocycles. The lowest BCUT2D eigenvalue weighted by molar-refractivity contribution is -0.130. The molecule has 0 radical (unpaired) electrons. The van der Waals surface area contributed by atoms with Gasteiger partial charge in [0.1, 0.15) is 11.6 Å². The van der Waals surface area contributed by atoms with E-state index in [1.165, 1.54) is 11.6 Å². The lowest BCUT2D eigenvalue weighted by Crippen LogP contribution is -2.39. The van der Waals surface area contributed by atoms with Crippen LogP contribution in [0.2, 0.25) is 0 Å². The third-order valence-corrected chi connectivity index (χ3v) is 3.84. The summed E-state index contributed by atoms with van der Waals surface area (Å²) in [6.07, 6.45) is 0.826. The number of carbonyl (C=O) groups excluding carboxylic acids is 1. The minimum atomic E-state index is -0.697. The average molecular weight is 302 g/mol. The fourth-order valence-corrected chi connectivity index (χ4v) is 2.62. The SMILES string of the molecule is O=C(CNc1ccc(F)cc1F)N1CCc2ccccc2C1. The summed E-state index contributed by atoms with van der Waals surface area (Å²) in [5, 5.41) is 2.73. The average Bonchev–Trinajstić information content (AvgIpc) is 2.53. The Labute approximate surface area is 127 Å². The fourth-order valence-electron chi connectivity index (χ4n) is 2.62. The molecule has 0 unspecified atom stereocenters. The zero-order valence-corrected chi connectivity index (χ0v) is 12.0. The van der Waals surface area contributed by atoms with E-state index in [0.29, 0.717) is 13.1 Å². The minimum absolute atomic E-state index is 0.00921. The highest BCUT2D eigenvalue weighted by molar-refractivity contribution is 5.81. The first-order valence-electron chi connectivity index (χ1n) is 7.17. The number of benzene rings is 2. The van der Waals surface area contributed by atoms with Gasteiger partial charge in [0.05, 0.1) is 12.2 Å². The third kappa shape index (κ3) is 3.08. The van der Waals surface area contributed by atoms with Gasteiger partial charge in [-0.25, -0.2) is 8.78 Å². The predicted octanol–water partition coefficient (Wildman–Crippen LogP) is 2.96. The van der Waals surface area contributed by atoms with E-state index in [1.54, 1.807) is 4.90 Å². The Bertz CT molecular complexity index is 703. The van der Waals surface area contributed by atoms with Gasteiger partial charge in [-0.05, 0) is 29.7 Å². The van der Waals surface area contributed by atoms with E-state index < -0.39 is 11.6 Å². The van der Waals surface area contributed by atoms with Gasteiger partial charge in [0, 0.05) is 19.2 Å². The van der Waals surface area contributed by atoms with Gasteiger partial charge in [-0.3, -0.25) is 4.79 Å². The Hall–Kier alpha value is -2.43. The van der Waals surface area contributed by atoms with E-state index in [2.05, 4.69) is 11.4 Å². The molecule has 3 rings (SSSR count). The topological polar surface area (TPSA) is 32.3 Å². The van der Waals surface area contributed by atoms with E-state index in [-0.39, 0.29) is 18.1 Å². The first kappa shape index (κ1) is 14.5. The molecule has 0 fully saturated rings. The molecule has 1 aliphatic rings. The maximum Gasteiger partial charge on any atom is 0.242 e. The van der Waals surface area contributed by atoms with E-state index in [9.17, 15) is 13.6 Å². The van der Waals surface area contributed by atoms with Crippen molar-refractivity contribution in [3.05, 3.63) is 65.2 Å². The fraction of sp³-hybridized carbons (Fsp3) is 0.235. The van der Waals surface area contributed by atoms with Crippen molar-refractivity contribution in [2.75, 3.05) is 18.4 Å². The summed E-state index contributed by atoms with van der Waals surface area (Å²) in [4.78, 5) is 14.0. The second-order valence-corrected chi connectivity index (χ2v) is 5.31. The number of amides is 1. The van der Waals surface area contributed by atoms with Crippen LogP contribution in [-0.4, -0.2) is 23.9 Å². The van der Waals surface area contributed by atoms with Crippen molar-refractivity contribution in [2.45, 2.75) is 13.0 Å². The zero-order chi connectivity index (χ0) is 15.5. The number of rotatable bonds is 3. The number of hydrogen-bond acceptors (Lipinski definition) is 2. The van der Waals surface area contributed by atoms with Gasteiger partial charge in [0.2, 0.25) is 5.91 Å². The molecule has 0 saturated carbocycles. The molecule has 0 spiro atoms. The molecule has 1 heterocycles. The van der Waals surface area contributed by atoms with Crippen LogP contribution in [0.3, 0.4) is 0 Å². The second-order valence-electron chi connectivity index (χ2n) is 5.31. The molecule has 2 aromatic rings. The molecule has 1 N–H and O–H groups in total. The number of anilines is 1. The zero-order valence-electron chi connectivity index (χ0n) is 12.0. The van der Waals surface area contributed by atoms with Crippen LogP contribution in [0.15, 0.2) is 42.5 Å². The van der Waals surface area contributed by atoms with Crippen LogP contribution in [0.4, 0.5) is 14.5 Å².